The van der Waals surface area contributed by atoms with E-state index in [0.717, 1.165) is 5.82 Å². The molecule has 1 rings (SSSR count). The molecule has 0 radical (unpaired) electrons. The summed E-state index contributed by atoms with van der Waals surface area (Å²) in [5.41, 5.74) is 0. The Morgan fingerprint density at radius 2 is 2.00 bits per heavy atom. The number of aliphatic hydroxyl groups excluding tert-OH is 1. The third kappa shape index (κ3) is 5.84. The number of aromatic amines is 1. The van der Waals surface area contributed by atoms with Crippen LogP contribution in [0, 0.1) is 6.92 Å². The zero-order valence-corrected chi connectivity index (χ0v) is 7.52. The van der Waals surface area contributed by atoms with Gasteiger partial charge in [0.05, 0.1) is 0 Å². The second-order valence-electron chi connectivity index (χ2n) is 2.48. The summed E-state index contributed by atoms with van der Waals surface area (Å²) in [6.07, 6.45) is 2.22. The van der Waals surface area contributed by atoms with Gasteiger partial charge in [0.15, 0.2) is 0 Å². The number of hydrogen-bond donors (Lipinski definition) is 3. The first-order valence-corrected chi connectivity index (χ1v) is 3.52. The smallest absolute Gasteiger partial charge is 0.213 e. The predicted molar refractivity (Wildman–Crippen MR) is 45.2 cm³/mol. The molecule has 0 aliphatic rings. The van der Waals surface area contributed by atoms with Gasteiger partial charge < -0.3 is 15.2 Å². The molecule has 0 bridgehead atoms. The van der Waals surface area contributed by atoms with Gasteiger partial charge in [-0.25, -0.2) is 4.98 Å². The summed E-state index contributed by atoms with van der Waals surface area (Å²) in [6, 6.07) is 0. The summed E-state index contributed by atoms with van der Waals surface area (Å²) in [5, 5.41) is 16.2. The summed E-state index contributed by atoms with van der Waals surface area (Å²) in [6.45, 7) is 1.92. The Bertz CT molecular complexity index is 179. The molecule has 0 aliphatic carbocycles. The highest BCUT2D eigenvalue weighted by Gasteiger charge is 1.94. The number of rotatable bonds is 1. The fourth-order valence-corrected chi connectivity index (χ4v) is 0.344. The lowest BCUT2D eigenvalue weighted by Gasteiger charge is -2.09. The van der Waals surface area contributed by atoms with Crippen molar-refractivity contribution in [1.82, 2.24) is 14.9 Å². The van der Waals surface area contributed by atoms with Gasteiger partial charge in [0.2, 0.25) is 6.41 Å². The Balaban J connectivity index is 0.000000202. The Morgan fingerprint density at radius 1 is 1.50 bits per heavy atom. The molecule has 0 amide bonds. The highest BCUT2D eigenvalue weighted by atomic mass is 16.5. The van der Waals surface area contributed by atoms with E-state index < -0.39 is 6.41 Å². The van der Waals surface area contributed by atoms with Crippen LogP contribution in [0.4, 0.5) is 0 Å². The quantitative estimate of drug-likeness (QED) is 0.502. The summed E-state index contributed by atoms with van der Waals surface area (Å²) in [4.78, 5) is 8.03. The van der Waals surface area contributed by atoms with Crippen LogP contribution in [0.2, 0.25) is 0 Å². The Labute approximate surface area is 71.7 Å². The third-order valence-corrected chi connectivity index (χ3v) is 1.10. The zero-order valence-electron chi connectivity index (χ0n) is 7.52. The van der Waals surface area contributed by atoms with Crippen LogP contribution in [-0.2, 0) is 0 Å². The highest BCUT2D eigenvalue weighted by Crippen LogP contribution is 1.78. The van der Waals surface area contributed by atoms with Crippen molar-refractivity contribution in [2.45, 2.75) is 13.3 Å². The van der Waals surface area contributed by atoms with Crippen molar-refractivity contribution in [3.63, 3.8) is 0 Å². The summed E-state index contributed by atoms with van der Waals surface area (Å²) < 4.78 is 0. The first-order valence-electron chi connectivity index (χ1n) is 3.52. The van der Waals surface area contributed by atoms with E-state index in [0.29, 0.717) is 0 Å². The van der Waals surface area contributed by atoms with Crippen LogP contribution >= 0.6 is 0 Å². The molecule has 1 aromatic heterocycles. The van der Waals surface area contributed by atoms with Crippen molar-refractivity contribution in [3.8, 4) is 0 Å². The topological polar surface area (TPSA) is 72.4 Å². The van der Waals surface area contributed by atoms with Crippen molar-refractivity contribution < 1.29 is 10.2 Å². The molecular formula is C7H15N3O2. The number of aryl methyl sites for hydroxylation is 1. The van der Waals surface area contributed by atoms with E-state index in [1.807, 2.05) is 6.92 Å². The predicted octanol–water partition coefficient (Wildman–Crippen LogP) is -0.466. The summed E-state index contributed by atoms with van der Waals surface area (Å²) in [5.74, 6) is 0.968. The average Bonchev–Trinajstić information content (AvgIpc) is 2.40. The molecule has 0 aliphatic heterocycles. The normalized spacial score (nSPS) is 9.92. The van der Waals surface area contributed by atoms with Crippen LogP contribution in [-0.4, -0.2) is 45.6 Å². The standard InChI is InChI=1S/C4H6N2.C3H9NO2/c1-4-5-2-3-6-4;1-4(2)3(5)6/h2-3H,1H3,(H,5,6);3,5-6H,1-2H3. The zero-order chi connectivity index (χ0) is 9.56. The minimum Gasteiger partial charge on any atom is -0.356 e. The van der Waals surface area contributed by atoms with Gasteiger partial charge in [-0.3, -0.25) is 4.90 Å². The minimum absolute atomic E-state index is 0.968. The molecule has 0 saturated heterocycles. The number of nitrogens with one attached hydrogen (secondary N) is 1. The third-order valence-electron chi connectivity index (χ3n) is 1.10. The van der Waals surface area contributed by atoms with Gasteiger partial charge in [0.25, 0.3) is 0 Å². The molecule has 5 heteroatoms. The van der Waals surface area contributed by atoms with E-state index in [4.69, 9.17) is 10.2 Å². The Kier molecular flexibility index (Phi) is 5.27. The maximum atomic E-state index is 8.11. The fraction of sp³-hybridized carbons (Fsp3) is 0.571. The highest BCUT2D eigenvalue weighted by molar-refractivity contribution is 4.80. The number of H-pyrrole nitrogens is 1. The van der Waals surface area contributed by atoms with Crippen molar-refractivity contribution >= 4 is 0 Å². The van der Waals surface area contributed by atoms with Gasteiger partial charge in [-0.15, -0.1) is 0 Å². The first-order chi connectivity index (χ1) is 5.54. The number of imidazole rings is 1. The van der Waals surface area contributed by atoms with Crippen LogP contribution in [0.3, 0.4) is 0 Å². The van der Waals surface area contributed by atoms with Gasteiger partial charge in [0.1, 0.15) is 5.82 Å². The molecule has 1 aromatic rings. The molecule has 5 nitrogen and oxygen atoms in total. The van der Waals surface area contributed by atoms with Crippen molar-refractivity contribution in [3.05, 3.63) is 18.2 Å². The van der Waals surface area contributed by atoms with E-state index in [1.165, 1.54) is 4.90 Å². The molecule has 0 aromatic carbocycles. The lowest BCUT2D eigenvalue weighted by Crippen LogP contribution is -2.26. The molecule has 0 atom stereocenters. The fourth-order valence-electron chi connectivity index (χ4n) is 0.344. The molecule has 3 N–H and O–H groups in total. The van der Waals surface area contributed by atoms with Crippen LogP contribution in [0.25, 0.3) is 0 Å². The van der Waals surface area contributed by atoms with Gasteiger partial charge in [0, 0.05) is 12.4 Å². The molecule has 1 heterocycles. The minimum atomic E-state index is -1.31. The number of aliphatic hydroxyl groups is 2. The van der Waals surface area contributed by atoms with Crippen LogP contribution in [0.1, 0.15) is 5.82 Å². The van der Waals surface area contributed by atoms with E-state index in [1.54, 1.807) is 26.5 Å². The lowest BCUT2D eigenvalue weighted by atomic mass is 10.8. The molecule has 12 heavy (non-hydrogen) atoms. The monoisotopic (exact) mass is 173 g/mol. The van der Waals surface area contributed by atoms with Crippen LogP contribution in [0.15, 0.2) is 12.4 Å². The molecule has 0 unspecified atom stereocenters. The second kappa shape index (κ2) is 5.70. The second-order valence-corrected chi connectivity index (χ2v) is 2.48. The number of hydrogen-bond acceptors (Lipinski definition) is 4. The van der Waals surface area contributed by atoms with Gasteiger partial charge in [-0.1, -0.05) is 0 Å². The van der Waals surface area contributed by atoms with Gasteiger partial charge >= 0.3 is 0 Å². The maximum absolute atomic E-state index is 8.11. The first kappa shape index (κ1) is 11.1. The van der Waals surface area contributed by atoms with E-state index in [9.17, 15) is 0 Å². The van der Waals surface area contributed by atoms with Crippen LogP contribution < -0.4 is 0 Å². The maximum Gasteiger partial charge on any atom is 0.213 e. The number of nitrogens with zero attached hydrogens (tertiary/aromatic N) is 2. The summed E-state index contributed by atoms with van der Waals surface area (Å²) in [7, 11) is 3.15. The van der Waals surface area contributed by atoms with E-state index in [-0.39, 0.29) is 0 Å². The summed E-state index contributed by atoms with van der Waals surface area (Å²) >= 11 is 0. The largest absolute Gasteiger partial charge is 0.356 e. The van der Waals surface area contributed by atoms with E-state index in [2.05, 4.69) is 9.97 Å². The van der Waals surface area contributed by atoms with Gasteiger partial charge in [-0.2, -0.15) is 0 Å². The molecule has 70 valence electrons. The van der Waals surface area contributed by atoms with E-state index >= 15 is 0 Å². The molecular weight excluding hydrogens is 158 g/mol. The number of aromatic nitrogens is 2. The molecule has 0 fully saturated rings. The van der Waals surface area contributed by atoms with Gasteiger partial charge in [-0.05, 0) is 21.0 Å². The lowest BCUT2D eigenvalue weighted by molar-refractivity contribution is -0.134. The Hall–Kier alpha value is -0.910. The van der Waals surface area contributed by atoms with Crippen molar-refractivity contribution in [2.75, 3.05) is 14.1 Å². The Morgan fingerprint density at radius 3 is 2.08 bits per heavy atom. The van der Waals surface area contributed by atoms with Crippen molar-refractivity contribution in [1.29, 1.82) is 0 Å². The van der Waals surface area contributed by atoms with Crippen LogP contribution in [0.5, 0.6) is 0 Å². The SMILES string of the molecule is CN(C)C(O)O.Cc1ncc[nH]1. The molecule has 0 saturated carbocycles. The average molecular weight is 173 g/mol. The van der Waals surface area contributed by atoms with Crippen molar-refractivity contribution in [2.24, 2.45) is 0 Å². The molecule has 0 spiro atoms.